The van der Waals surface area contributed by atoms with Gasteiger partial charge in [0.25, 0.3) is 0 Å². The summed E-state index contributed by atoms with van der Waals surface area (Å²) >= 11 is 0. The monoisotopic (exact) mass is 276 g/mol. The quantitative estimate of drug-likeness (QED) is 0.844. The van der Waals surface area contributed by atoms with Gasteiger partial charge in [0, 0.05) is 24.3 Å². The zero-order chi connectivity index (χ0) is 14.7. The summed E-state index contributed by atoms with van der Waals surface area (Å²) in [6, 6.07) is 6.80. The minimum absolute atomic E-state index is 0.0188. The van der Waals surface area contributed by atoms with E-state index in [1.165, 1.54) is 6.92 Å². The Morgan fingerprint density at radius 2 is 1.90 bits per heavy atom. The Morgan fingerprint density at radius 3 is 2.50 bits per heavy atom. The molecule has 0 spiro atoms. The van der Waals surface area contributed by atoms with Crippen molar-refractivity contribution < 1.29 is 14.3 Å². The average Bonchev–Trinajstić information content (AvgIpc) is 2.37. The largest absolute Gasteiger partial charge is 0.372 e. The van der Waals surface area contributed by atoms with Crippen molar-refractivity contribution in [2.45, 2.75) is 33.0 Å². The molecule has 1 heterocycles. The van der Waals surface area contributed by atoms with Crippen LogP contribution in [0.25, 0.3) is 0 Å². The lowest BCUT2D eigenvalue weighted by Crippen LogP contribution is -2.49. The summed E-state index contributed by atoms with van der Waals surface area (Å²) in [7, 11) is 0. The van der Waals surface area contributed by atoms with Crippen LogP contribution in [0.4, 0.5) is 10.5 Å². The molecule has 1 N–H and O–H groups in total. The Balaban J connectivity index is 2.04. The summed E-state index contributed by atoms with van der Waals surface area (Å²) in [5, 5.41) is 2.83. The SMILES string of the molecule is CC(=O)c1cccc(NC(=O)N2C[C@@H](C)O[C@H](C)C2)c1. The van der Waals surface area contributed by atoms with E-state index in [1.54, 1.807) is 29.2 Å². The first-order chi connectivity index (χ1) is 9.45. The molecule has 1 saturated heterocycles. The summed E-state index contributed by atoms with van der Waals surface area (Å²) in [5.74, 6) is -0.0188. The number of amides is 2. The third-order valence-electron chi connectivity index (χ3n) is 3.23. The van der Waals surface area contributed by atoms with E-state index in [4.69, 9.17) is 4.74 Å². The second-order valence-corrected chi connectivity index (χ2v) is 5.23. The summed E-state index contributed by atoms with van der Waals surface area (Å²) < 4.78 is 5.60. The molecule has 1 aromatic carbocycles. The number of carbonyl (C=O) groups is 2. The van der Waals surface area contributed by atoms with Gasteiger partial charge >= 0.3 is 6.03 Å². The van der Waals surface area contributed by atoms with Gasteiger partial charge in [-0.25, -0.2) is 4.79 Å². The maximum Gasteiger partial charge on any atom is 0.322 e. The molecule has 1 aliphatic heterocycles. The fraction of sp³-hybridized carbons (Fsp3) is 0.467. The molecule has 1 aromatic rings. The Morgan fingerprint density at radius 1 is 1.25 bits per heavy atom. The lowest BCUT2D eigenvalue weighted by atomic mass is 10.1. The number of anilines is 1. The predicted molar refractivity (Wildman–Crippen MR) is 77.0 cm³/mol. The van der Waals surface area contributed by atoms with Gasteiger partial charge in [-0.3, -0.25) is 4.79 Å². The van der Waals surface area contributed by atoms with Crippen molar-refractivity contribution in [1.82, 2.24) is 4.90 Å². The van der Waals surface area contributed by atoms with E-state index in [9.17, 15) is 9.59 Å². The van der Waals surface area contributed by atoms with Crippen LogP contribution in [0.15, 0.2) is 24.3 Å². The highest BCUT2D eigenvalue weighted by Crippen LogP contribution is 2.15. The van der Waals surface area contributed by atoms with Crippen molar-refractivity contribution in [3.05, 3.63) is 29.8 Å². The molecule has 5 nitrogen and oxygen atoms in total. The first-order valence-electron chi connectivity index (χ1n) is 6.78. The van der Waals surface area contributed by atoms with Crippen molar-refractivity contribution in [2.24, 2.45) is 0 Å². The summed E-state index contributed by atoms with van der Waals surface area (Å²) in [5.41, 5.74) is 1.22. The molecular formula is C15H20N2O3. The minimum atomic E-state index is -0.160. The van der Waals surface area contributed by atoms with E-state index in [-0.39, 0.29) is 24.0 Å². The fourth-order valence-electron chi connectivity index (χ4n) is 2.36. The lowest BCUT2D eigenvalue weighted by molar-refractivity contribution is -0.0530. The maximum absolute atomic E-state index is 12.2. The van der Waals surface area contributed by atoms with Crippen molar-refractivity contribution in [2.75, 3.05) is 18.4 Å². The molecule has 20 heavy (non-hydrogen) atoms. The molecule has 0 aliphatic carbocycles. The van der Waals surface area contributed by atoms with Gasteiger partial charge < -0.3 is 15.0 Å². The Kier molecular flexibility index (Phi) is 4.39. The van der Waals surface area contributed by atoms with E-state index in [1.807, 2.05) is 13.8 Å². The van der Waals surface area contributed by atoms with Crippen molar-refractivity contribution in [3.8, 4) is 0 Å². The van der Waals surface area contributed by atoms with E-state index in [2.05, 4.69) is 5.32 Å². The average molecular weight is 276 g/mol. The smallest absolute Gasteiger partial charge is 0.322 e. The lowest BCUT2D eigenvalue weighted by Gasteiger charge is -2.35. The number of rotatable bonds is 2. The van der Waals surface area contributed by atoms with Gasteiger partial charge in [-0.2, -0.15) is 0 Å². The van der Waals surface area contributed by atoms with E-state index in [0.717, 1.165) is 0 Å². The summed E-state index contributed by atoms with van der Waals surface area (Å²) in [6.45, 7) is 6.55. The first kappa shape index (κ1) is 14.5. The van der Waals surface area contributed by atoms with Gasteiger partial charge in [-0.15, -0.1) is 0 Å². The number of hydrogen-bond acceptors (Lipinski definition) is 3. The molecule has 2 atom stereocenters. The van der Waals surface area contributed by atoms with Crippen LogP contribution in [-0.4, -0.2) is 42.0 Å². The number of hydrogen-bond donors (Lipinski definition) is 1. The number of Topliss-reactive ketones (excluding diaryl/α,β-unsaturated/α-hetero) is 1. The molecule has 1 fully saturated rings. The molecule has 0 radical (unpaired) electrons. The highest BCUT2D eigenvalue weighted by atomic mass is 16.5. The number of morpholine rings is 1. The molecule has 0 unspecified atom stereocenters. The van der Waals surface area contributed by atoms with E-state index < -0.39 is 0 Å². The zero-order valence-corrected chi connectivity index (χ0v) is 12.1. The number of carbonyl (C=O) groups excluding carboxylic acids is 2. The summed E-state index contributed by atoms with van der Waals surface area (Å²) in [4.78, 5) is 25.3. The third kappa shape index (κ3) is 3.57. The van der Waals surface area contributed by atoms with Crippen LogP contribution in [0.5, 0.6) is 0 Å². The van der Waals surface area contributed by atoms with E-state index >= 15 is 0 Å². The van der Waals surface area contributed by atoms with Crippen LogP contribution in [0.3, 0.4) is 0 Å². The molecule has 0 saturated carbocycles. The number of benzene rings is 1. The van der Waals surface area contributed by atoms with Crippen molar-refractivity contribution in [3.63, 3.8) is 0 Å². The zero-order valence-electron chi connectivity index (χ0n) is 12.1. The van der Waals surface area contributed by atoms with Crippen LogP contribution in [-0.2, 0) is 4.74 Å². The molecule has 5 heteroatoms. The third-order valence-corrected chi connectivity index (χ3v) is 3.23. The molecule has 2 amide bonds. The maximum atomic E-state index is 12.2. The van der Waals surface area contributed by atoms with Gasteiger partial charge in [0.1, 0.15) is 0 Å². The Hall–Kier alpha value is -1.88. The molecule has 0 aromatic heterocycles. The molecule has 108 valence electrons. The van der Waals surface area contributed by atoms with Crippen molar-refractivity contribution in [1.29, 1.82) is 0 Å². The second kappa shape index (κ2) is 6.05. The first-order valence-corrected chi connectivity index (χ1v) is 6.78. The van der Waals surface area contributed by atoms with Gasteiger partial charge in [-0.1, -0.05) is 12.1 Å². The number of ketones is 1. The van der Waals surface area contributed by atoms with Crippen molar-refractivity contribution >= 4 is 17.5 Å². The standard InChI is InChI=1S/C15H20N2O3/c1-10-8-17(9-11(2)20-10)15(19)16-14-6-4-5-13(7-14)12(3)18/h4-7,10-11H,8-9H2,1-3H3,(H,16,19)/t10-,11-/m1/s1. The van der Waals surface area contributed by atoms with Gasteiger partial charge in [0.05, 0.1) is 12.2 Å². The number of nitrogens with one attached hydrogen (secondary N) is 1. The number of urea groups is 1. The van der Waals surface area contributed by atoms with Gasteiger partial charge in [0.2, 0.25) is 0 Å². The van der Waals surface area contributed by atoms with E-state index in [0.29, 0.717) is 24.3 Å². The van der Waals surface area contributed by atoms with Gasteiger partial charge in [-0.05, 0) is 32.9 Å². The second-order valence-electron chi connectivity index (χ2n) is 5.23. The molecule has 2 rings (SSSR count). The van der Waals surface area contributed by atoms with Crippen LogP contribution in [0, 0.1) is 0 Å². The summed E-state index contributed by atoms with van der Waals surface area (Å²) in [6.07, 6.45) is 0.0705. The number of nitrogens with zero attached hydrogens (tertiary/aromatic N) is 1. The highest BCUT2D eigenvalue weighted by molar-refractivity contribution is 5.96. The molecule has 1 aliphatic rings. The molecule has 0 bridgehead atoms. The Labute approximate surface area is 118 Å². The predicted octanol–water partition coefficient (Wildman–Crippen LogP) is 2.53. The van der Waals surface area contributed by atoms with Gasteiger partial charge in [0.15, 0.2) is 5.78 Å². The van der Waals surface area contributed by atoms with Crippen LogP contribution in [0.2, 0.25) is 0 Å². The Bertz CT molecular complexity index is 506. The number of ether oxygens (including phenoxy) is 1. The highest BCUT2D eigenvalue weighted by Gasteiger charge is 2.25. The fourth-order valence-corrected chi connectivity index (χ4v) is 2.36. The molecular weight excluding hydrogens is 256 g/mol. The topological polar surface area (TPSA) is 58.6 Å². The van der Waals surface area contributed by atoms with Crippen LogP contribution < -0.4 is 5.32 Å². The van der Waals surface area contributed by atoms with Crippen LogP contribution >= 0.6 is 0 Å². The normalized spacial score (nSPS) is 22.4. The minimum Gasteiger partial charge on any atom is -0.372 e. The van der Waals surface area contributed by atoms with Crippen LogP contribution in [0.1, 0.15) is 31.1 Å².